The second kappa shape index (κ2) is 7.56. The highest BCUT2D eigenvalue weighted by Gasteiger charge is 2.14. The first-order valence-corrected chi connectivity index (χ1v) is 9.64. The quantitative estimate of drug-likeness (QED) is 0.505. The highest BCUT2D eigenvalue weighted by Crippen LogP contribution is 2.38. The van der Waals surface area contributed by atoms with E-state index in [0.29, 0.717) is 32.6 Å². The van der Waals surface area contributed by atoms with Crippen LogP contribution in [0, 0.1) is 6.92 Å². The molecule has 29 heavy (non-hydrogen) atoms. The van der Waals surface area contributed by atoms with Crippen molar-refractivity contribution >= 4 is 22.4 Å². The molecule has 0 saturated carbocycles. The third kappa shape index (κ3) is 3.42. The molecule has 0 saturated heterocycles. The molecule has 148 valence electrons. The molecule has 7 nitrogen and oxygen atoms in total. The third-order valence-electron chi connectivity index (χ3n) is 4.48. The normalized spacial score (nSPS) is 11.8. The van der Waals surface area contributed by atoms with Gasteiger partial charge in [-0.1, -0.05) is 41.2 Å². The number of nitrogens with zero attached hydrogens (tertiary/aromatic N) is 3. The Hall–Kier alpha value is -3.39. The fourth-order valence-corrected chi connectivity index (χ4v) is 3.90. The summed E-state index contributed by atoms with van der Waals surface area (Å²) in [5, 5.41) is 4.38. The molecular weight excluding hydrogens is 390 g/mol. The standard InChI is InChI=1S/C21H19N3O4S/c1-12-5-7-14(8-6-12)19-22-21-24(23-19)20(25)17(29-21)11-13-9-15(26-2)18(28-4)16(10-13)27-3/h5-11H,1-4H3/b17-11+. The Morgan fingerprint density at radius 3 is 2.21 bits per heavy atom. The van der Waals surface area contributed by atoms with Crippen molar-refractivity contribution in [2.75, 3.05) is 21.3 Å². The fraction of sp³-hybridized carbons (Fsp3) is 0.190. The lowest BCUT2D eigenvalue weighted by molar-refractivity contribution is 0.324. The van der Waals surface area contributed by atoms with Gasteiger partial charge in [-0.05, 0) is 30.7 Å². The molecule has 0 amide bonds. The van der Waals surface area contributed by atoms with E-state index in [4.69, 9.17) is 14.2 Å². The molecule has 8 heteroatoms. The van der Waals surface area contributed by atoms with Gasteiger partial charge in [-0.25, -0.2) is 0 Å². The van der Waals surface area contributed by atoms with Crippen LogP contribution in [0.3, 0.4) is 0 Å². The van der Waals surface area contributed by atoms with Crippen LogP contribution in [0.1, 0.15) is 11.1 Å². The maximum atomic E-state index is 12.8. The number of hydrogen-bond acceptors (Lipinski definition) is 7. The average molecular weight is 409 g/mol. The lowest BCUT2D eigenvalue weighted by atomic mass is 10.1. The van der Waals surface area contributed by atoms with Crippen LogP contribution in [0.5, 0.6) is 17.2 Å². The van der Waals surface area contributed by atoms with Gasteiger partial charge in [0.1, 0.15) is 0 Å². The van der Waals surface area contributed by atoms with Crippen molar-refractivity contribution in [2.24, 2.45) is 0 Å². The van der Waals surface area contributed by atoms with Crippen LogP contribution in [-0.2, 0) is 0 Å². The molecule has 0 aliphatic heterocycles. The Morgan fingerprint density at radius 1 is 1.00 bits per heavy atom. The molecule has 4 aromatic rings. The summed E-state index contributed by atoms with van der Waals surface area (Å²) in [6, 6.07) is 11.5. The third-order valence-corrected chi connectivity index (χ3v) is 5.44. The first-order chi connectivity index (χ1) is 14.0. The molecule has 0 atom stereocenters. The van der Waals surface area contributed by atoms with Crippen molar-refractivity contribution in [3.05, 3.63) is 62.4 Å². The van der Waals surface area contributed by atoms with Gasteiger partial charge in [0.15, 0.2) is 17.3 Å². The van der Waals surface area contributed by atoms with Gasteiger partial charge in [-0.2, -0.15) is 9.50 Å². The molecule has 4 rings (SSSR count). The van der Waals surface area contributed by atoms with Crippen LogP contribution in [0.2, 0.25) is 0 Å². The number of hydrogen-bond donors (Lipinski definition) is 0. The van der Waals surface area contributed by atoms with Crippen molar-refractivity contribution in [1.29, 1.82) is 0 Å². The average Bonchev–Trinajstić information content (AvgIpc) is 3.27. The van der Waals surface area contributed by atoms with E-state index in [-0.39, 0.29) is 5.56 Å². The first-order valence-electron chi connectivity index (χ1n) is 8.82. The maximum absolute atomic E-state index is 12.8. The largest absolute Gasteiger partial charge is 0.493 e. The lowest BCUT2D eigenvalue weighted by Gasteiger charge is -2.12. The summed E-state index contributed by atoms with van der Waals surface area (Å²) in [6.45, 7) is 2.02. The predicted molar refractivity (Wildman–Crippen MR) is 112 cm³/mol. The number of rotatable bonds is 5. The molecule has 2 heterocycles. The zero-order chi connectivity index (χ0) is 20.5. The summed E-state index contributed by atoms with van der Waals surface area (Å²) >= 11 is 1.28. The van der Waals surface area contributed by atoms with Crippen LogP contribution >= 0.6 is 11.3 Å². The lowest BCUT2D eigenvalue weighted by Crippen LogP contribution is -2.23. The van der Waals surface area contributed by atoms with Gasteiger partial charge in [-0.3, -0.25) is 4.79 Å². The van der Waals surface area contributed by atoms with Gasteiger partial charge in [0.2, 0.25) is 10.7 Å². The van der Waals surface area contributed by atoms with Crippen molar-refractivity contribution in [3.63, 3.8) is 0 Å². The molecule has 0 unspecified atom stereocenters. The Balaban J connectivity index is 1.80. The van der Waals surface area contributed by atoms with Gasteiger partial charge in [0.25, 0.3) is 5.56 Å². The van der Waals surface area contributed by atoms with E-state index in [1.807, 2.05) is 31.2 Å². The minimum Gasteiger partial charge on any atom is -0.493 e. The maximum Gasteiger partial charge on any atom is 0.291 e. The summed E-state index contributed by atoms with van der Waals surface area (Å²) in [7, 11) is 4.65. The van der Waals surface area contributed by atoms with Gasteiger partial charge in [0.05, 0.1) is 25.9 Å². The number of fused-ring (bicyclic) bond motifs is 1. The molecule has 0 spiro atoms. The van der Waals surface area contributed by atoms with E-state index in [0.717, 1.165) is 16.7 Å². The van der Waals surface area contributed by atoms with Crippen LogP contribution in [0.15, 0.2) is 41.2 Å². The Morgan fingerprint density at radius 2 is 1.66 bits per heavy atom. The fourth-order valence-electron chi connectivity index (χ4n) is 2.99. The summed E-state index contributed by atoms with van der Waals surface area (Å²) < 4.78 is 17.9. The summed E-state index contributed by atoms with van der Waals surface area (Å²) in [6.07, 6.45) is 1.76. The zero-order valence-corrected chi connectivity index (χ0v) is 17.2. The summed E-state index contributed by atoms with van der Waals surface area (Å²) in [5.74, 6) is 2.07. The zero-order valence-electron chi connectivity index (χ0n) is 16.4. The van der Waals surface area contributed by atoms with E-state index in [2.05, 4.69) is 10.1 Å². The highest BCUT2D eigenvalue weighted by molar-refractivity contribution is 7.15. The van der Waals surface area contributed by atoms with Crippen LogP contribution in [-0.4, -0.2) is 35.9 Å². The van der Waals surface area contributed by atoms with Crippen LogP contribution in [0.25, 0.3) is 22.4 Å². The monoisotopic (exact) mass is 409 g/mol. The van der Waals surface area contributed by atoms with E-state index in [9.17, 15) is 4.79 Å². The molecule has 2 aromatic carbocycles. The highest BCUT2D eigenvalue weighted by atomic mass is 32.1. The van der Waals surface area contributed by atoms with Crippen molar-refractivity contribution < 1.29 is 14.2 Å². The van der Waals surface area contributed by atoms with Crippen LogP contribution in [0.4, 0.5) is 0 Å². The number of benzene rings is 2. The van der Waals surface area contributed by atoms with Gasteiger partial charge >= 0.3 is 0 Å². The van der Waals surface area contributed by atoms with E-state index in [1.165, 1.54) is 15.9 Å². The van der Waals surface area contributed by atoms with Crippen molar-refractivity contribution in [1.82, 2.24) is 14.6 Å². The SMILES string of the molecule is COc1cc(/C=c2/sc3nc(-c4ccc(C)cc4)nn3c2=O)cc(OC)c1OC. The Bertz CT molecular complexity index is 1270. The molecule has 0 aliphatic carbocycles. The van der Waals surface area contributed by atoms with Crippen molar-refractivity contribution in [2.45, 2.75) is 6.92 Å². The predicted octanol–water partition coefficient (Wildman–Crippen LogP) is 2.70. The van der Waals surface area contributed by atoms with E-state index < -0.39 is 0 Å². The minimum atomic E-state index is -0.218. The molecular formula is C21H19N3O4S. The van der Waals surface area contributed by atoms with E-state index >= 15 is 0 Å². The molecule has 0 N–H and O–H groups in total. The second-order valence-corrected chi connectivity index (χ2v) is 7.38. The van der Waals surface area contributed by atoms with Gasteiger partial charge < -0.3 is 14.2 Å². The van der Waals surface area contributed by atoms with Crippen molar-refractivity contribution in [3.8, 4) is 28.6 Å². The molecule has 2 aromatic heterocycles. The Labute approximate surface area is 170 Å². The summed E-state index contributed by atoms with van der Waals surface area (Å²) in [5.41, 5.74) is 2.56. The second-order valence-electron chi connectivity index (χ2n) is 6.37. The molecule has 0 bridgehead atoms. The smallest absolute Gasteiger partial charge is 0.291 e. The van der Waals surface area contributed by atoms with Crippen LogP contribution < -0.4 is 24.3 Å². The molecule has 0 aliphatic rings. The summed E-state index contributed by atoms with van der Waals surface area (Å²) in [4.78, 5) is 17.9. The Kier molecular flexibility index (Phi) is 4.94. The number of methoxy groups -OCH3 is 3. The minimum absolute atomic E-state index is 0.218. The van der Waals surface area contributed by atoms with E-state index in [1.54, 1.807) is 39.5 Å². The molecule has 0 fully saturated rings. The number of ether oxygens (including phenoxy) is 3. The molecule has 0 radical (unpaired) electrons. The first kappa shape index (κ1) is 18.9. The number of aromatic nitrogens is 3. The number of aryl methyl sites for hydroxylation is 1. The topological polar surface area (TPSA) is 75.0 Å². The van der Waals surface area contributed by atoms with Gasteiger partial charge in [-0.15, -0.1) is 5.10 Å². The van der Waals surface area contributed by atoms with Gasteiger partial charge in [0, 0.05) is 5.56 Å². The number of thiazole rings is 1.